The van der Waals surface area contributed by atoms with Crippen molar-refractivity contribution in [3.63, 3.8) is 0 Å². The molecule has 0 aliphatic heterocycles. The molecule has 0 spiro atoms. The summed E-state index contributed by atoms with van der Waals surface area (Å²) in [5, 5.41) is 0. The van der Waals surface area contributed by atoms with E-state index in [1.807, 2.05) is 6.92 Å². The molecule has 1 aromatic rings. The lowest BCUT2D eigenvalue weighted by molar-refractivity contribution is 0.100. The van der Waals surface area contributed by atoms with Crippen LogP contribution in [0.4, 0.5) is 5.69 Å². The number of carbonyl (C=O) groups excluding carboxylic acids is 1. The summed E-state index contributed by atoms with van der Waals surface area (Å²) in [5.41, 5.74) is 9.70. The van der Waals surface area contributed by atoms with Crippen LogP contribution in [-0.2, 0) is 0 Å². The van der Waals surface area contributed by atoms with Gasteiger partial charge in [-0.15, -0.1) is 0 Å². The lowest BCUT2D eigenvalue weighted by Crippen LogP contribution is -2.13. The molecule has 5 N–H and O–H groups in total. The lowest BCUT2D eigenvalue weighted by Gasteiger charge is -2.05. The molecular weight excluding hydrogens is 154 g/mol. The molecule has 12 heavy (non-hydrogen) atoms. The SMILES string of the molecule is Cc1ccc(C(N)=O)cc1NN. The third-order valence-electron chi connectivity index (χ3n) is 1.68. The Morgan fingerprint density at radius 1 is 1.50 bits per heavy atom. The fourth-order valence-corrected chi connectivity index (χ4v) is 0.931. The van der Waals surface area contributed by atoms with Crippen LogP contribution in [0.3, 0.4) is 0 Å². The lowest BCUT2D eigenvalue weighted by atomic mass is 10.1. The number of nitrogen functional groups attached to an aromatic ring is 1. The number of nitrogens with two attached hydrogens (primary N) is 2. The predicted octanol–water partition coefficient (Wildman–Crippen LogP) is 0.380. The number of aryl methyl sites for hydroxylation is 1. The molecule has 0 atom stereocenters. The van der Waals surface area contributed by atoms with E-state index in [2.05, 4.69) is 5.43 Å². The second kappa shape index (κ2) is 3.23. The monoisotopic (exact) mass is 165 g/mol. The molecule has 0 saturated carbocycles. The number of hydrogen-bond donors (Lipinski definition) is 3. The summed E-state index contributed by atoms with van der Waals surface area (Å²) in [5.74, 6) is 4.77. The summed E-state index contributed by atoms with van der Waals surface area (Å²) in [6.45, 7) is 1.89. The maximum atomic E-state index is 10.7. The summed E-state index contributed by atoms with van der Waals surface area (Å²) in [6.07, 6.45) is 0. The van der Waals surface area contributed by atoms with Crippen molar-refractivity contribution >= 4 is 11.6 Å². The molecule has 64 valence electrons. The minimum atomic E-state index is -0.452. The Labute approximate surface area is 70.5 Å². The third kappa shape index (κ3) is 1.54. The number of hydrazine groups is 1. The zero-order chi connectivity index (χ0) is 9.14. The second-order valence-corrected chi connectivity index (χ2v) is 2.54. The van der Waals surface area contributed by atoms with Crippen molar-refractivity contribution < 1.29 is 4.79 Å². The van der Waals surface area contributed by atoms with Crippen LogP contribution in [0.2, 0.25) is 0 Å². The van der Waals surface area contributed by atoms with Crippen LogP contribution in [0.1, 0.15) is 15.9 Å². The molecule has 1 amide bonds. The largest absolute Gasteiger partial charge is 0.366 e. The molecule has 0 bridgehead atoms. The smallest absolute Gasteiger partial charge is 0.248 e. The number of nitrogens with one attached hydrogen (secondary N) is 1. The van der Waals surface area contributed by atoms with Gasteiger partial charge in [0, 0.05) is 5.56 Å². The van der Waals surface area contributed by atoms with Crippen LogP contribution < -0.4 is 17.0 Å². The van der Waals surface area contributed by atoms with Crippen LogP contribution in [0.25, 0.3) is 0 Å². The van der Waals surface area contributed by atoms with E-state index in [1.165, 1.54) is 0 Å². The number of hydrogen-bond acceptors (Lipinski definition) is 3. The molecule has 0 saturated heterocycles. The zero-order valence-corrected chi connectivity index (χ0v) is 6.79. The van der Waals surface area contributed by atoms with Gasteiger partial charge in [0.2, 0.25) is 5.91 Å². The summed E-state index contributed by atoms with van der Waals surface area (Å²) in [4.78, 5) is 10.7. The van der Waals surface area contributed by atoms with Gasteiger partial charge in [0.25, 0.3) is 0 Å². The first-order valence-electron chi connectivity index (χ1n) is 3.52. The van der Waals surface area contributed by atoms with Gasteiger partial charge in [-0.2, -0.15) is 0 Å². The first-order chi connectivity index (χ1) is 5.65. The maximum Gasteiger partial charge on any atom is 0.248 e. The molecule has 0 fully saturated rings. The van der Waals surface area contributed by atoms with Crippen LogP contribution in [0.15, 0.2) is 18.2 Å². The van der Waals surface area contributed by atoms with Gasteiger partial charge in [-0.25, -0.2) is 0 Å². The molecule has 0 aliphatic carbocycles. The van der Waals surface area contributed by atoms with Crippen LogP contribution >= 0.6 is 0 Å². The van der Waals surface area contributed by atoms with E-state index in [9.17, 15) is 4.79 Å². The fourth-order valence-electron chi connectivity index (χ4n) is 0.931. The van der Waals surface area contributed by atoms with E-state index < -0.39 is 5.91 Å². The summed E-state index contributed by atoms with van der Waals surface area (Å²) in [7, 11) is 0. The number of carbonyl (C=O) groups is 1. The topological polar surface area (TPSA) is 81.1 Å². The van der Waals surface area contributed by atoms with E-state index in [0.717, 1.165) is 5.56 Å². The normalized spacial score (nSPS) is 9.50. The average molecular weight is 165 g/mol. The number of primary amides is 1. The Bertz CT molecular complexity index is 309. The second-order valence-electron chi connectivity index (χ2n) is 2.54. The highest BCUT2D eigenvalue weighted by Gasteiger charge is 2.02. The van der Waals surface area contributed by atoms with Gasteiger partial charge in [-0.05, 0) is 24.6 Å². The molecule has 0 radical (unpaired) electrons. The standard InChI is InChI=1S/C8H11N3O/c1-5-2-3-6(8(9)12)4-7(5)11-10/h2-4,11H,10H2,1H3,(H2,9,12). The fraction of sp³-hybridized carbons (Fsp3) is 0.125. The van der Waals surface area contributed by atoms with Crippen molar-refractivity contribution in [3.8, 4) is 0 Å². The quantitative estimate of drug-likeness (QED) is 0.437. The van der Waals surface area contributed by atoms with Gasteiger partial charge in [-0.3, -0.25) is 10.6 Å². The number of anilines is 1. The number of amides is 1. The van der Waals surface area contributed by atoms with E-state index in [-0.39, 0.29) is 0 Å². The molecule has 4 nitrogen and oxygen atoms in total. The van der Waals surface area contributed by atoms with Crippen molar-refractivity contribution in [1.29, 1.82) is 0 Å². The molecule has 0 unspecified atom stereocenters. The Hall–Kier alpha value is -1.55. The minimum Gasteiger partial charge on any atom is -0.366 e. The van der Waals surface area contributed by atoms with E-state index in [1.54, 1.807) is 18.2 Å². The van der Waals surface area contributed by atoms with Crippen LogP contribution in [0.5, 0.6) is 0 Å². The number of rotatable bonds is 2. The molecule has 0 heterocycles. The van der Waals surface area contributed by atoms with Crippen molar-refractivity contribution in [3.05, 3.63) is 29.3 Å². The minimum absolute atomic E-state index is 0.452. The molecule has 4 heteroatoms. The highest BCUT2D eigenvalue weighted by molar-refractivity contribution is 5.93. The van der Waals surface area contributed by atoms with E-state index >= 15 is 0 Å². The first-order valence-corrected chi connectivity index (χ1v) is 3.52. The van der Waals surface area contributed by atoms with Gasteiger partial charge in [-0.1, -0.05) is 6.07 Å². The predicted molar refractivity (Wildman–Crippen MR) is 47.5 cm³/mol. The van der Waals surface area contributed by atoms with Crippen molar-refractivity contribution in [2.24, 2.45) is 11.6 Å². The summed E-state index contributed by atoms with van der Waals surface area (Å²) < 4.78 is 0. The summed E-state index contributed by atoms with van der Waals surface area (Å²) >= 11 is 0. The highest BCUT2D eigenvalue weighted by Crippen LogP contribution is 2.14. The van der Waals surface area contributed by atoms with Crippen LogP contribution in [-0.4, -0.2) is 5.91 Å². The Morgan fingerprint density at radius 2 is 2.17 bits per heavy atom. The van der Waals surface area contributed by atoms with Gasteiger partial charge < -0.3 is 11.2 Å². The van der Waals surface area contributed by atoms with Crippen molar-refractivity contribution in [2.45, 2.75) is 6.92 Å². The molecule has 0 aromatic heterocycles. The highest BCUT2D eigenvalue weighted by atomic mass is 16.1. The first kappa shape index (κ1) is 8.55. The Morgan fingerprint density at radius 3 is 2.67 bits per heavy atom. The van der Waals surface area contributed by atoms with Gasteiger partial charge in [0.05, 0.1) is 5.69 Å². The Balaban J connectivity index is 3.13. The average Bonchev–Trinajstić information content (AvgIpc) is 2.05. The van der Waals surface area contributed by atoms with Crippen molar-refractivity contribution in [2.75, 3.05) is 5.43 Å². The van der Waals surface area contributed by atoms with Crippen molar-refractivity contribution in [1.82, 2.24) is 0 Å². The third-order valence-corrected chi connectivity index (χ3v) is 1.68. The molecule has 1 rings (SSSR count). The van der Waals surface area contributed by atoms with Crippen LogP contribution in [0, 0.1) is 6.92 Å². The maximum absolute atomic E-state index is 10.7. The molecule has 0 aliphatic rings. The van der Waals surface area contributed by atoms with Gasteiger partial charge in [0.15, 0.2) is 0 Å². The van der Waals surface area contributed by atoms with Gasteiger partial charge in [0.1, 0.15) is 0 Å². The number of benzene rings is 1. The zero-order valence-electron chi connectivity index (χ0n) is 6.79. The molecule has 1 aromatic carbocycles. The Kier molecular flexibility index (Phi) is 2.30. The summed E-state index contributed by atoms with van der Waals surface area (Å²) in [6, 6.07) is 5.07. The van der Waals surface area contributed by atoms with Gasteiger partial charge >= 0.3 is 0 Å². The van der Waals surface area contributed by atoms with E-state index in [0.29, 0.717) is 11.3 Å². The molecular formula is C8H11N3O. The van der Waals surface area contributed by atoms with E-state index in [4.69, 9.17) is 11.6 Å².